The van der Waals surface area contributed by atoms with E-state index in [0.29, 0.717) is 31.2 Å². The van der Waals surface area contributed by atoms with Gasteiger partial charge >= 0.3 is 6.09 Å². The van der Waals surface area contributed by atoms with Gasteiger partial charge in [-0.3, -0.25) is 4.79 Å². The van der Waals surface area contributed by atoms with Crippen molar-refractivity contribution in [3.05, 3.63) is 53.2 Å². The molecular weight excluding hydrogens is 437 g/mol. The standard InChI is InChI=1S/C22H27ClFN5O3/c1-22(2,3)32-21(31)27-18(12-15-4-6-16(23)7-5-15)20(30)29-10-8-28(9-11-29)19-17(24)13-25-14-26-19/h4-7,13-14,18H,8-12H2,1-3H3,(H,27,31)/t18-/m1/s1. The molecule has 1 fully saturated rings. The van der Waals surface area contributed by atoms with Crippen LogP contribution in [-0.4, -0.2) is 64.7 Å². The lowest BCUT2D eigenvalue weighted by atomic mass is 10.0. The second-order valence-electron chi connectivity index (χ2n) is 8.54. The van der Waals surface area contributed by atoms with Gasteiger partial charge in [0.05, 0.1) is 6.20 Å². The molecule has 32 heavy (non-hydrogen) atoms. The molecule has 10 heteroatoms. The summed E-state index contributed by atoms with van der Waals surface area (Å²) in [5, 5.41) is 3.29. The molecule has 0 aliphatic carbocycles. The van der Waals surface area contributed by atoms with Gasteiger partial charge in [0, 0.05) is 37.6 Å². The molecule has 0 unspecified atom stereocenters. The molecule has 2 heterocycles. The van der Waals surface area contributed by atoms with E-state index in [4.69, 9.17) is 16.3 Å². The van der Waals surface area contributed by atoms with Crippen LogP contribution in [0.15, 0.2) is 36.8 Å². The number of anilines is 1. The average Bonchev–Trinajstić information content (AvgIpc) is 2.73. The van der Waals surface area contributed by atoms with Crippen LogP contribution in [0.1, 0.15) is 26.3 Å². The van der Waals surface area contributed by atoms with Crippen LogP contribution in [-0.2, 0) is 16.0 Å². The van der Waals surface area contributed by atoms with E-state index in [0.717, 1.165) is 11.8 Å². The number of benzene rings is 1. The van der Waals surface area contributed by atoms with Crippen LogP contribution in [0.2, 0.25) is 5.02 Å². The summed E-state index contributed by atoms with van der Waals surface area (Å²) >= 11 is 5.96. The van der Waals surface area contributed by atoms with Gasteiger partial charge in [0.1, 0.15) is 18.0 Å². The Morgan fingerprint density at radius 3 is 2.44 bits per heavy atom. The number of carbonyl (C=O) groups excluding carboxylic acids is 2. The van der Waals surface area contributed by atoms with E-state index in [1.807, 2.05) is 12.1 Å². The maximum absolute atomic E-state index is 14.0. The van der Waals surface area contributed by atoms with Crippen molar-refractivity contribution in [1.29, 1.82) is 0 Å². The lowest BCUT2D eigenvalue weighted by Gasteiger charge is -2.37. The number of halogens is 2. The van der Waals surface area contributed by atoms with Crippen molar-refractivity contribution in [2.24, 2.45) is 0 Å². The number of hydrogen-bond acceptors (Lipinski definition) is 6. The summed E-state index contributed by atoms with van der Waals surface area (Å²) in [5.74, 6) is -0.509. The fraction of sp³-hybridized carbons (Fsp3) is 0.455. The number of hydrogen-bond donors (Lipinski definition) is 1. The molecule has 0 radical (unpaired) electrons. The first-order chi connectivity index (χ1) is 15.1. The summed E-state index contributed by atoms with van der Waals surface area (Å²) in [4.78, 5) is 36.8. The van der Waals surface area contributed by atoms with E-state index < -0.39 is 23.6 Å². The SMILES string of the molecule is CC(C)(C)OC(=O)N[C@H](Cc1ccc(Cl)cc1)C(=O)N1CCN(c2ncncc2F)CC1. The molecule has 1 aromatic carbocycles. The van der Waals surface area contributed by atoms with E-state index in [1.54, 1.807) is 42.7 Å². The highest BCUT2D eigenvalue weighted by molar-refractivity contribution is 6.30. The van der Waals surface area contributed by atoms with Crippen molar-refractivity contribution < 1.29 is 18.7 Å². The van der Waals surface area contributed by atoms with Gasteiger partial charge in [0.2, 0.25) is 5.91 Å². The summed E-state index contributed by atoms with van der Waals surface area (Å²) < 4.78 is 19.3. The zero-order valence-electron chi connectivity index (χ0n) is 18.3. The van der Waals surface area contributed by atoms with Gasteiger partial charge in [-0.15, -0.1) is 0 Å². The van der Waals surface area contributed by atoms with Crippen LogP contribution in [0.4, 0.5) is 15.0 Å². The third kappa shape index (κ3) is 6.53. The fourth-order valence-electron chi connectivity index (χ4n) is 3.40. The van der Waals surface area contributed by atoms with Gasteiger partial charge in [-0.2, -0.15) is 0 Å². The van der Waals surface area contributed by atoms with Gasteiger partial charge in [-0.1, -0.05) is 23.7 Å². The number of nitrogens with one attached hydrogen (secondary N) is 1. The molecule has 0 spiro atoms. The third-order valence-electron chi connectivity index (χ3n) is 4.88. The van der Waals surface area contributed by atoms with Crippen LogP contribution >= 0.6 is 11.6 Å². The predicted octanol–water partition coefficient (Wildman–Crippen LogP) is 3.05. The molecule has 0 bridgehead atoms. The highest BCUT2D eigenvalue weighted by Crippen LogP contribution is 2.18. The molecule has 1 aliphatic rings. The number of aromatic nitrogens is 2. The number of alkyl carbamates (subject to hydrolysis) is 1. The number of ether oxygens (including phenoxy) is 1. The largest absolute Gasteiger partial charge is 0.444 e. The molecule has 0 saturated carbocycles. The van der Waals surface area contributed by atoms with Crippen molar-refractivity contribution in [3.63, 3.8) is 0 Å². The van der Waals surface area contributed by atoms with E-state index in [9.17, 15) is 14.0 Å². The normalized spacial score (nSPS) is 15.3. The Hall–Kier alpha value is -2.94. The van der Waals surface area contributed by atoms with Crippen LogP contribution < -0.4 is 10.2 Å². The van der Waals surface area contributed by atoms with Crippen molar-refractivity contribution >= 4 is 29.4 Å². The number of piperazine rings is 1. The first kappa shape index (κ1) is 23.7. The highest BCUT2D eigenvalue weighted by atomic mass is 35.5. The summed E-state index contributed by atoms with van der Waals surface area (Å²) in [6.45, 7) is 6.85. The molecular formula is C22H27ClFN5O3. The van der Waals surface area contributed by atoms with Crippen molar-refractivity contribution in [1.82, 2.24) is 20.2 Å². The van der Waals surface area contributed by atoms with Crippen LogP contribution in [0, 0.1) is 5.82 Å². The molecule has 1 atom stereocenters. The summed E-state index contributed by atoms with van der Waals surface area (Å²) in [6.07, 6.45) is 2.04. The van der Waals surface area contributed by atoms with Gasteiger partial charge < -0.3 is 19.9 Å². The van der Waals surface area contributed by atoms with Gasteiger partial charge in [-0.05, 0) is 38.5 Å². The maximum atomic E-state index is 14.0. The Morgan fingerprint density at radius 1 is 1.19 bits per heavy atom. The van der Waals surface area contributed by atoms with Crippen molar-refractivity contribution in [3.8, 4) is 0 Å². The maximum Gasteiger partial charge on any atom is 0.408 e. The summed E-state index contributed by atoms with van der Waals surface area (Å²) in [7, 11) is 0. The molecule has 2 amide bonds. The quantitative estimate of drug-likeness (QED) is 0.733. The number of amides is 2. The molecule has 2 aromatic rings. The first-order valence-corrected chi connectivity index (χ1v) is 10.7. The van der Waals surface area contributed by atoms with Crippen molar-refractivity contribution in [2.45, 2.75) is 38.8 Å². The van der Waals surface area contributed by atoms with Crippen LogP contribution in [0.3, 0.4) is 0 Å². The molecule has 1 saturated heterocycles. The molecule has 3 rings (SSSR count). The predicted molar refractivity (Wildman–Crippen MR) is 119 cm³/mol. The minimum atomic E-state index is -0.812. The minimum Gasteiger partial charge on any atom is -0.444 e. The van der Waals surface area contributed by atoms with E-state index >= 15 is 0 Å². The number of nitrogens with zero attached hydrogens (tertiary/aromatic N) is 4. The number of carbonyl (C=O) groups is 2. The summed E-state index contributed by atoms with van der Waals surface area (Å²) in [6, 6.07) is 6.29. The van der Waals surface area contributed by atoms with Crippen LogP contribution in [0.25, 0.3) is 0 Å². The molecule has 1 aliphatic heterocycles. The second kappa shape index (κ2) is 10.1. The Morgan fingerprint density at radius 2 is 1.84 bits per heavy atom. The second-order valence-corrected chi connectivity index (χ2v) is 8.97. The smallest absolute Gasteiger partial charge is 0.408 e. The lowest BCUT2D eigenvalue weighted by molar-refractivity contribution is -0.133. The van der Waals surface area contributed by atoms with Crippen LogP contribution in [0.5, 0.6) is 0 Å². The molecule has 8 nitrogen and oxygen atoms in total. The lowest BCUT2D eigenvalue weighted by Crippen LogP contribution is -2.56. The minimum absolute atomic E-state index is 0.219. The average molecular weight is 464 g/mol. The van der Waals surface area contributed by atoms with E-state index in [1.165, 1.54) is 6.33 Å². The molecule has 1 N–H and O–H groups in total. The summed E-state index contributed by atoms with van der Waals surface area (Å²) in [5.41, 5.74) is 0.163. The monoisotopic (exact) mass is 463 g/mol. The van der Waals surface area contributed by atoms with E-state index in [-0.39, 0.29) is 18.1 Å². The first-order valence-electron chi connectivity index (χ1n) is 10.4. The van der Waals surface area contributed by atoms with Gasteiger partial charge in [0.15, 0.2) is 11.6 Å². The molecule has 172 valence electrons. The van der Waals surface area contributed by atoms with E-state index in [2.05, 4.69) is 15.3 Å². The Bertz CT molecular complexity index is 943. The Kier molecular flexibility index (Phi) is 7.50. The Labute approximate surface area is 191 Å². The zero-order chi connectivity index (χ0) is 23.3. The number of rotatable bonds is 5. The third-order valence-corrected chi connectivity index (χ3v) is 5.13. The van der Waals surface area contributed by atoms with Crippen molar-refractivity contribution in [2.75, 3.05) is 31.1 Å². The molecule has 1 aromatic heterocycles. The zero-order valence-corrected chi connectivity index (χ0v) is 19.1. The van der Waals surface area contributed by atoms with Gasteiger partial charge in [-0.25, -0.2) is 19.2 Å². The Balaban J connectivity index is 1.69. The van der Waals surface area contributed by atoms with Gasteiger partial charge in [0.25, 0.3) is 0 Å². The highest BCUT2D eigenvalue weighted by Gasteiger charge is 2.31. The fourth-order valence-corrected chi connectivity index (χ4v) is 3.53. The topological polar surface area (TPSA) is 87.7 Å².